The molecule has 7 atom stereocenters. The van der Waals surface area contributed by atoms with E-state index in [1.807, 2.05) is 31.5 Å². The topological polar surface area (TPSA) is 114 Å². The molecule has 1 aromatic rings. The smallest absolute Gasteiger partial charge is 0.309 e. The zero-order valence-corrected chi connectivity index (χ0v) is 25.9. The first-order chi connectivity index (χ1) is 17.1. The number of rotatable bonds is 2. The molecule has 8 nitrogen and oxygen atoms in total. The Labute approximate surface area is 236 Å². The van der Waals surface area contributed by atoms with Gasteiger partial charge < -0.3 is 24.3 Å². The molecule has 0 spiro atoms. The highest BCUT2D eigenvalue weighted by Crippen LogP contribution is 2.45. The number of carbonyl (C=O) groups excluding carboxylic acids is 2. The number of carbonyl (C=O) groups is 2. The molecule has 3 heterocycles. The Morgan fingerprint density at radius 1 is 1.19 bits per heavy atom. The van der Waals surface area contributed by atoms with Crippen molar-refractivity contribution in [3.05, 3.63) is 20.6 Å². The Hall–Kier alpha value is -1.07. The van der Waals surface area contributed by atoms with Crippen LogP contribution in [0.25, 0.3) is 6.08 Å². The first-order valence-electron chi connectivity index (χ1n) is 12.9. The maximum Gasteiger partial charge on any atom is 0.309 e. The van der Waals surface area contributed by atoms with Crippen LogP contribution < -0.4 is 0 Å². The third-order valence-corrected chi connectivity index (χ3v) is 10.3. The van der Waals surface area contributed by atoms with Gasteiger partial charge in [-0.05, 0) is 76.1 Å². The van der Waals surface area contributed by atoms with Gasteiger partial charge in [0.25, 0.3) is 0 Å². The predicted molar refractivity (Wildman–Crippen MR) is 148 cm³/mol. The van der Waals surface area contributed by atoms with E-state index in [-0.39, 0.29) is 29.8 Å². The number of Topliss-reactive ketones (excluding diaryl/α,β-unsaturated/α-hetero) is 1. The van der Waals surface area contributed by atoms with Gasteiger partial charge in [0.05, 0.1) is 35.7 Å². The molecule has 10 heteroatoms. The second kappa shape index (κ2) is 11.6. The summed E-state index contributed by atoms with van der Waals surface area (Å²) in [5.41, 5.74) is -0.749. The van der Waals surface area contributed by atoms with Crippen molar-refractivity contribution in [1.29, 1.82) is 0 Å². The quantitative estimate of drug-likeness (QED) is 0.344. The lowest BCUT2D eigenvalue weighted by atomic mass is 9.73. The summed E-state index contributed by atoms with van der Waals surface area (Å²) in [6, 6.07) is 0. The Morgan fingerprint density at radius 3 is 2.43 bits per heavy atom. The van der Waals surface area contributed by atoms with Crippen molar-refractivity contribution in [3.8, 4) is 0 Å². The van der Waals surface area contributed by atoms with Crippen LogP contribution in [-0.4, -0.2) is 61.5 Å². The molecule has 37 heavy (non-hydrogen) atoms. The second-order valence-electron chi connectivity index (χ2n) is 11.6. The number of cyclic esters (lactones) is 1. The number of hydrogen-bond donors (Lipinski definition) is 2. The zero-order chi connectivity index (χ0) is 27.9. The number of aliphatic hydroxyl groups is 2. The minimum atomic E-state index is -1.25. The third kappa shape index (κ3) is 6.75. The van der Waals surface area contributed by atoms with Crippen LogP contribution in [0.4, 0.5) is 0 Å². The minimum Gasteiger partial charge on any atom is -0.458 e. The van der Waals surface area contributed by atoms with E-state index in [1.54, 1.807) is 20.8 Å². The normalized spacial score (nSPS) is 36.1. The molecular formula is C27H40Br2N2O6. The van der Waals surface area contributed by atoms with Crippen LogP contribution in [0, 0.1) is 17.3 Å². The maximum atomic E-state index is 13.3. The van der Waals surface area contributed by atoms with Crippen molar-refractivity contribution in [2.75, 3.05) is 0 Å². The SMILES string of the molecule is CC(=Cc1nc(Br)c(Br)n1C)[C@@H]1C[C@@H]2O[C@]2(C)CCC[C@H](C)[C@H](O)[C@@H](C)C(=O)C(C)(C)[C@@H](O)CC(=O)O1. The molecule has 0 saturated carbocycles. The molecule has 2 saturated heterocycles. The van der Waals surface area contributed by atoms with Gasteiger partial charge in [-0.1, -0.05) is 34.1 Å². The molecule has 0 aliphatic carbocycles. The number of ether oxygens (including phenoxy) is 2. The van der Waals surface area contributed by atoms with E-state index in [0.29, 0.717) is 16.8 Å². The molecule has 2 aliphatic heterocycles. The van der Waals surface area contributed by atoms with Gasteiger partial charge in [-0.3, -0.25) is 9.59 Å². The Kier molecular flexibility index (Phi) is 9.54. The number of hydrogen-bond acceptors (Lipinski definition) is 7. The number of halogens is 2. The molecular weight excluding hydrogens is 608 g/mol. The summed E-state index contributed by atoms with van der Waals surface area (Å²) < 4.78 is 15.3. The number of fused-ring (bicyclic) bond motifs is 1. The highest BCUT2D eigenvalue weighted by molar-refractivity contribution is 9.13. The summed E-state index contributed by atoms with van der Waals surface area (Å²) >= 11 is 6.90. The van der Waals surface area contributed by atoms with Crippen molar-refractivity contribution >= 4 is 49.7 Å². The summed E-state index contributed by atoms with van der Waals surface area (Å²) in [6.07, 6.45) is 1.69. The van der Waals surface area contributed by atoms with Crippen molar-refractivity contribution < 1.29 is 29.3 Å². The molecule has 2 N–H and O–H groups in total. The summed E-state index contributed by atoms with van der Waals surface area (Å²) in [4.78, 5) is 30.8. The van der Waals surface area contributed by atoms with E-state index in [9.17, 15) is 19.8 Å². The first kappa shape index (κ1) is 30.5. The molecule has 208 valence electrons. The fourth-order valence-corrected chi connectivity index (χ4v) is 5.90. The number of esters is 1. The number of imidazole rings is 1. The summed E-state index contributed by atoms with van der Waals surface area (Å²) in [7, 11) is 1.88. The first-order valence-corrected chi connectivity index (χ1v) is 14.5. The van der Waals surface area contributed by atoms with Crippen LogP contribution >= 0.6 is 31.9 Å². The average molecular weight is 648 g/mol. The highest BCUT2D eigenvalue weighted by Gasteiger charge is 2.53. The Morgan fingerprint density at radius 2 is 1.84 bits per heavy atom. The number of ketones is 1. The molecule has 0 bridgehead atoms. The minimum absolute atomic E-state index is 0.0801. The number of epoxide rings is 1. The second-order valence-corrected chi connectivity index (χ2v) is 13.1. The third-order valence-electron chi connectivity index (χ3n) is 8.29. The fraction of sp³-hybridized carbons (Fsp3) is 0.741. The van der Waals surface area contributed by atoms with Gasteiger partial charge in [0.1, 0.15) is 26.9 Å². The molecule has 0 amide bonds. The molecule has 0 radical (unpaired) electrons. The van der Waals surface area contributed by atoms with E-state index in [0.717, 1.165) is 29.4 Å². The monoisotopic (exact) mass is 646 g/mol. The van der Waals surface area contributed by atoms with Crippen LogP contribution in [0.3, 0.4) is 0 Å². The highest BCUT2D eigenvalue weighted by atomic mass is 79.9. The summed E-state index contributed by atoms with van der Waals surface area (Å²) in [6.45, 7) is 10.8. The van der Waals surface area contributed by atoms with Crippen molar-refractivity contribution in [3.63, 3.8) is 0 Å². The molecule has 3 rings (SSSR count). The van der Waals surface area contributed by atoms with E-state index in [1.165, 1.54) is 0 Å². The Bertz CT molecular complexity index is 1050. The lowest BCUT2D eigenvalue weighted by molar-refractivity contribution is -0.154. The predicted octanol–water partition coefficient (Wildman–Crippen LogP) is 4.97. The Balaban J connectivity index is 1.89. The van der Waals surface area contributed by atoms with E-state index >= 15 is 0 Å². The van der Waals surface area contributed by atoms with E-state index in [4.69, 9.17) is 9.47 Å². The van der Waals surface area contributed by atoms with Crippen molar-refractivity contribution in [2.24, 2.45) is 24.3 Å². The molecule has 2 fully saturated rings. The number of aromatic nitrogens is 2. The van der Waals surface area contributed by atoms with E-state index < -0.39 is 35.6 Å². The molecule has 0 unspecified atom stereocenters. The maximum absolute atomic E-state index is 13.3. The van der Waals surface area contributed by atoms with Crippen LogP contribution in [0.15, 0.2) is 14.8 Å². The van der Waals surface area contributed by atoms with Crippen molar-refractivity contribution in [1.82, 2.24) is 9.55 Å². The number of aliphatic hydroxyl groups excluding tert-OH is 2. The average Bonchev–Trinajstić information content (AvgIpc) is 3.40. The lowest BCUT2D eigenvalue weighted by Crippen LogP contribution is -2.45. The molecule has 1 aromatic heterocycles. The summed E-state index contributed by atoms with van der Waals surface area (Å²) in [5.74, 6) is -0.926. The van der Waals surface area contributed by atoms with Gasteiger partial charge >= 0.3 is 5.97 Å². The van der Waals surface area contributed by atoms with Crippen LogP contribution in [-0.2, 0) is 26.1 Å². The summed E-state index contributed by atoms with van der Waals surface area (Å²) in [5, 5.41) is 21.8. The molecule has 2 aliphatic rings. The van der Waals surface area contributed by atoms with Gasteiger partial charge in [0.2, 0.25) is 0 Å². The van der Waals surface area contributed by atoms with Gasteiger partial charge in [0.15, 0.2) is 0 Å². The number of nitrogens with zero attached hydrogens (tertiary/aromatic N) is 2. The lowest BCUT2D eigenvalue weighted by Gasteiger charge is -2.34. The molecule has 0 aromatic carbocycles. The van der Waals surface area contributed by atoms with Crippen molar-refractivity contribution in [2.45, 2.75) is 104 Å². The van der Waals surface area contributed by atoms with Gasteiger partial charge in [-0.15, -0.1) is 0 Å². The zero-order valence-electron chi connectivity index (χ0n) is 22.8. The fourth-order valence-electron chi connectivity index (χ4n) is 5.18. The van der Waals surface area contributed by atoms with Gasteiger partial charge in [-0.2, -0.15) is 0 Å². The largest absolute Gasteiger partial charge is 0.458 e. The van der Waals surface area contributed by atoms with Crippen LogP contribution in [0.1, 0.15) is 79.5 Å². The standard InChI is InChI=1S/C27H40Br2N2O6/c1-14-9-8-10-27(6)19(37-27)12-17(15(2)11-20-30-24(28)25(29)31(20)7)36-21(33)13-18(32)26(4,5)23(35)16(3)22(14)34/h11,14,16-19,22,32,34H,8-10,12-13H2,1-7H3/t14-,16+,17-,18-,19-,22-,27+/m0/s1. The van der Waals surface area contributed by atoms with Crippen LogP contribution in [0.5, 0.6) is 0 Å². The van der Waals surface area contributed by atoms with Gasteiger partial charge in [0, 0.05) is 19.4 Å². The van der Waals surface area contributed by atoms with Crippen LogP contribution in [0.2, 0.25) is 0 Å². The van der Waals surface area contributed by atoms with E-state index in [2.05, 4.69) is 43.8 Å². The van der Waals surface area contributed by atoms with Gasteiger partial charge in [-0.25, -0.2) is 4.98 Å².